The Balaban J connectivity index is 2.68. The average Bonchev–Trinajstić information content (AvgIpc) is 2.88. The molecule has 0 aliphatic heterocycles. The monoisotopic (exact) mass is 341 g/mol. The molecular weight excluding hydrogens is 310 g/mol. The molecule has 0 spiro atoms. The van der Waals surface area contributed by atoms with Crippen molar-refractivity contribution in [1.82, 2.24) is 5.32 Å². The molecule has 0 saturated carbocycles. The first-order valence-electron chi connectivity index (χ1n) is 9.06. The summed E-state index contributed by atoms with van der Waals surface area (Å²) >= 11 is 0. The van der Waals surface area contributed by atoms with E-state index >= 15 is 0 Å². The van der Waals surface area contributed by atoms with Crippen molar-refractivity contribution in [2.75, 3.05) is 6.54 Å². The fraction of sp³-hybridized carbons (Fsp3) is 0.409. The molecule has 136 valence electrons. The van der Waals surface area contributed by atoms with Crippen molar-refractivity contribution in [1.29, 1.82) is 0 Å². The molecule has 1 atom stereocenters. The number of carbonyl (C=O) groups is 1. The van der Waals surface area contributed by atoms with E-state index in [2.05, 4.69) is 55.8 Å². The molecule has 0 radical (unpaired) electrons. The van der Waals surface area contributed by atoms with Crippen LogP contribution in [-0.4, -0.2) is 23.5 Å². The van der Waals surface area contributed by atoms with E-state index in [1.165, 1.54) is 11.6 Å². The molecule has 1 aliphatic carbocycles. The maximum atomic E-state index is 12.0. The summed E-state index contributed by atoms with van der Waals surface area (Å²) in [7, 11) is 0. The van der Waals surface area contributed by atoms with Crippen LogP contribution in [0.3, 0.4) is 0 Å². The number of allylic oxidation sites excluding steroid dienone is 5. The molecule has 2 N–H and O–H groups in total. The quantitative estimate of drug-likeness (QED) is 0.383. The first-order chi connectivity index (χ1) is 12.1. The fourth-order valence-electron chi connectivity index (χ4n) is 2.55. The van der Waals surface area contributed by atoms with Gasteiger partial charge in [-0.05, 0) is 42.6 Å². The van der Waals surface area contributed by atoms with Crippen LogP contribution in [0.5, 0.6) is 0 Å². The van der Waals surface area contributed by atoms with E-state index in [0.717, 1.165) is 24.8 Å². The Morgan fingerprint density at radius 1 is 1.40 bits per heavy atom. The second kappa shape index (κ2) is 12.3. The van der Waals surface area contributed by atoms with E-state index < -0.39 is 0 Å². The lowest BCUT2D eigenvalue weighted by molar-refractivity contribution is -0.119. The summed E-state index contributed by atoms with van der Waals surface area (Å²) in [6, 6.07) is -0.0609. The molecule has 0 aromatic carbocycles. The normalized spacial score (nSPS) is 15.4. The topological polar surface area (TPSA) is 49.3 Å². The predicted octanol–water partition coefficient (Wildman–Crippen LogP) is 5.11. The van der Waals surface area contributed by atoms with Gasteiger partial charge in [-0.25, -0.2) is 0 Å². The summed E-state index contributed by atoms with van der Waals surface area (Å²) < 4.78 is 0. The van der Waals surface area contributed by atoms with Crippen molar-refractivity contribution >= 4 is 5.78 Å². The SMILES string of the molecule is C=C/C(O)=C\C(=C)C(CCC(=O)CCCC)NCC1=CC=CCC=C1. The number of nitrogens with one attached hydrogen (secondary N) is 1. The summed E-state index contributed by atoms with van der Waals surface area (Å²) in [5.41, 5.74) is 1.94. The molecule has 1 aliphatic rings. The summed E-state index contributed by atoms with van der Waals surface area (Å²) in [4.78, 5) is 12.0. The van der Waals surface area contributed by atoms with E-state index in [4.69, 9.17) is 0 Å². The molecule has 1 rings (SSSR count). The molecule has 0 fully saturated rings. The lowest BCUT2D eigenvalue weighted by atomic mass is 9.99. The Bertz CT molecular complexity index is 579. The Labute approximate surface area is 152 Å². The van der Waals surface area contributed by atoms with Gasteiger partial charge >= 0.3 is 0 Å². The number of hydrogen-bond acceptors (Lipinski definition) is 3. The van der Waals surface area contributed by atoms with E-state index in [-0.39, 0.29) is 17.6 Å². The first-order valence-corrected chi connectivity index (χ1v) is 9.06. The number of rotatable bonds is 12. The van der Waals surface area contributed by atoms with Crippen molar-refractivity contribution < 1.29 is 9.90 Å². The zero-order chi connectivity index (χ0) is 18.5. The lowest BCUT2D eigenvalue weighted by Crippen LogP contribution is -2.32. The molecule has 0 amide bonds. The minimum Gasteiger partial charge on any atom is -0.508 e. The van der Waals surface area contributed by atoms with Crippen LogP contribution < -0.4 is 5.32 Å². The number of carbonyl (C=O) groups excluding carboxylic acids is 1. The highest BCUT2D eigenvalue weighted by molar-refractivity contribution is 5.78. The Morgan fingerprint density at radius 3 is 2.92 bits per heavy atom. The molecule has 3 nitrogen and oxygen atoms in total. The maximum absolute atomic E-state index is 12.0. The van der Waals surface area contributed by atoms with Gasteiger partial charge in [-0.2, -0.15) is 0 Å². The van der Waals surface area contributed by atoms with Crippen LogP contribution >= 0.6 is 0 Å². The van der Waals surface area contributed by atoms with Gasteiger partial charge < -0.3 is 10.4 Å². The van der Waals surface area contributed by atoms with Gasteiger partial charge in [-0.15, -0.1) is 0 Å². The van der Waals surface area contributed by atoms with Crippen LogP contribution in [0, 0.1) is 0 Å². The Morgan fingerprint density at radius 2 is 2.20 bits per heavy atom. The zero-order valence-corrected chi connectivity index (χ0v) is 15.3. The van der Waals surface area contributed by atoms with Crippen molar-refractivity contribution in [2.45, 2.75) is 51.5 Å². The standard InChI is InChI=1S/C22H31NO2/c1-4-6-13-21(25)14-15-22(18(3)16-20(24)5-2)23-17-19-11-9-7-8-10-12-19/h5,7,9-12,16,22-24H,2-4,6,8,13-15,17H2,1H3/b20-16+. The third kappa shape index (κ3) is 9.06. The number of aliphatic hydroxyl groups is 1. The van der Waals surface area contributed by atoms with Gasteiger partial charge in [-0.3, -0.25) is 4.79 Å². The van der Waals surface area contributed by atoms with Crippen LogP contribution in [0.4, 0.5) is 0 Å². The molecule has 0 aromatic heterocycles. The van der Waals surface area contributed by atoms with Crippen LogP contribution in [0.25, 0.3) is 0 Å². The van der Waals surface area contributed by atoms with Gasteiger partial charge in [0.15, 0.2) is 0 Å². The Hall–Kier alpha value is -2.13. The fourth-order valence-corrected chi connectivity index (χ4v) is 2.55. The van der Waals surface area contributed by atoms with Gasteiger partial charge in [0.05, 0.1) is 0 Å². The van der Waals surface area contributed by atoms with Crippen LogP contribution in [0.1, 0.15) is 45.4 Å². The molecular formula is C22H31NO2. The van der Waals surface area contributed by atoms with E-state index in [0.29, 0.717) is 25.8 Å². The third-order valence-corrected chi connectivity index (χ3v) is 4.11. The van der Waals surface area contributed by atoms with E-state index in [1.807, 2.05) is 0 Å². The molecule has 0 bridgehead atoms. The zero-order valence-electron chi connectivity index (χ0n) is 15.3. The number of aliphatic hydroxyl groups excluding tert-OH is 1. The van der Waals surface area contributed by atoms with Crippen molar-refractivity contribution in [3.05, 3.63) is 72.6 Å². The summed E-state index contributed by atoms with van der Waals surface area (Å²) in [6.45, 7) is 10.4. The smallest absolute Gasteiger partial charge is 0.132 e. The number of Topliss-reactive ketones (excluding diaryl/α,β-unsaturated/α-hetero) is 1. The predicted molar refractivity (Wildman–Crippen MR) is 107 cm³/mol. The van der Waals surface area contributed by atoms with Crippen LogP contribution in [-0.2, 0) is 4.79 Å². The Kier molecular flexibility index (Phi) is 10.3. The highest BCUT2D eigenvalue weighted by Crippen LogP contribution is 2.14. The van der Waals surface area contributed by atoms with Crippen molar-refractivity contribution in [2.24, 2.45) is 0 Å². The maximum Gasteiger partial charge on any atom is 0.132 e. The van der Waals surface area contributed by atoms with Gasteiger partial charge in [0.2, 0.25) is 0 Å². The van der Waals surface area contributed by atoms with Gasteiger partial charge in [0.1, 0.15) is 11.5 Å². The summed E-state index contributed by atoms with van der Waals surface area (Å²) in [5.74, 6) is 0.375. The van der Waals surface area contributed by atoms with Gasteiger partial charge in [-0.1, -0.05) is 56.9 Å². The highest BCUT2D eigenvalue weighted by Gasteiger charge is 2.14. The lowest BCUT2D eigenvalue weighted by Gasteiger charge is -2.20. The second-order valence-electron chi connectivity index (χ2n) is 6.27. The number of hydrogen-bond donors (Lipinski definition) is 2. The van der Waals surface area contributed by atoms with Crippen molar-refractivity contribution in [3.63, 3.8) is 0 Å². The van der Waals surface area contributed by atoms with Crippen LogP contribution in [0.2, 0.25) is 0 Å². The molecule has 1 unspecified atom stereocenters. The first kappa shape index (κ1) is 20.9. The van der Waals surface area contributed by atoms with Crippen LogP contribution in [0.15, 0.2) is 72.6 Å². The molecule has 0 saturated heterocycles. The number of ketones is 1. The molecule has 0 aromatic rings. The minimum atomic E-state index is -0.0609. The summed E-state index contributed by atoms with van der Waals surface area (Å²) in [5, 5.41) is 13.1. The van der Waals surface area contributed by atoms with Crippen molar-refractivity contribution in [3.8, 4) is 0 Å². The minimum absolute atomic E-state index is 0.0609. The van der Waals surface area contributed by atoms with E-state index in [9.17, 15) is 9.90 Å². The highest BCUT2D eigenvalue weighted by atomic mass is 16.3. The summed E-state index contributed by atoms with van der Waals surface area (Å²) in [6.07, 6.45) is 18.2. The molecule has 3 heteroatoms. The second-order valence-corrected chi connectivity index (χ2v) is 6.27. The van der Waals surface area contributed by atoms with Gasteiger partial charge in [0.25, 0.3) is 0 Å². The van der Waals surface area contributed by atoms with E-state index in [1.54, 1.807) is 6.08 Å². The largest absolute Gasteiger partial charge is 0.508 e. The van der Waals surface area contributed by atoms with Gasteiger partial charge in [0, 0.05) is 25.4 Å². The molecule has 0 heterocycles. The number of unbranched alkanes of at least 4 members (excludes halogenated alkanes) is 1. The average molecular weight is 341 g/mol. The third-order valence-electron chi connectivity index (χ3n) is 4.11. The molecule has 25 heavy (non-hydrogen) atoms.